The molecule has 6 unspecified atom stereocenters. The van der Waals surface area contributed by atoms with E-state index in [9.17, 15) is 29.3 Å². The minimum Gasteiger partial charge on any atom is -0.481 e. The molecule has 1 rings (SSSR count). The Morgan fingerprint density at radius 3 is 1.68 bits per heavy atom. The number of methoxy groups -OCH3 is 3. The summed E-state index contributed by atoms with van der Waals surface area (Å²) in [4.78, 5) is 59.8. The maximum absolute atomic E-state index is 11.9. The number of esters is 2. The number of carboxylic acids is 1. The van der Waals surface area contributed by atoms with Crippen LogP contribution in [0.25, 0.3) is 0 Å². The van der Waals surface area contributed by atoms with Gasteiger partial charge in [-0.25, -0.2) is 4.98 Å². The third-order valence-electron chi connectivity index (χ3n) is 9.33. The van der Waals surface area contributed by atoms with Gasteiger partial charge in [0.1, 0.15) is 24.4 Å². The van der Waals surface area contributed by atoms with Crippen molar-refractivity contribution in [3.63, 3.8) is 0 Å². The predicted octanol–water partition coefficient (Wildman–Crippen LogP) is 3.80. The lowest BCUT2D eigenvalue weighted by Gasteiger charge is -2.22. The summed E-state index contributed by atoms with van der Waals surface area (Å²) in [5.74, 6) is -2.02. The minimum atomic E-state index is -0.945. The molecule has 26 heteroatoms. The fraction of sp³-hybridized carbons (Fsp3) is 0.800. The number of aliphatic hydroxyl groups is 4. The number of rotatable bonds is 41. The van der Waals surface area contributed by atoms with E-state index in [1.54, 1.807) is 16.9 Å². The summed E-state index contributed by atoms with van der Waals surface area (Å²) in [7, 11) is 7.38. The number of pyridine rings is 1. The van der Waals surface area contributed by atoms with E-state index >= 15 is 0 Å². The van der Waals surface area contributed by atoms with Crippen molar-refractivity contribution in [2.45, 2.75) is 146 Å². The minimum absolute atomic E-state index is 0.0304. The van der Waals surface area contributed by atoms with Gasteiger partial charge in [-0.1, -0.05) is 31.6 Å². The van der Waals surface area contributed by atoms with E-state index in [4.69, 9.17) is 72.9 Å². The highest BCUT2D eigenvalue weighted by Crippen LogP contribution is 2.41. The molecular weight excluding hydrogens is 983 g/mol. The van der Waals surface area contributed by atoms with Gasteiger partial charge in [0, 0.05) is 71.0 Å². The Bertz CT molecular complexity index is 1490. The topological polar surface area (TPSA) is 330 Å². The van der Waals surface area contributed by atoms with Crippen molar-refractivity contribution in [3.05, 3.63) is 28.4 Å². The molecule has 0 aliphatic heterocycles. The second kappa shape index (κ2) is 45.3. The fourth-order valence-corrected chi connectivity index (χ4v) is 7.11. The largest absolute Gasteiger partial charge is 0.481 e. The Balaban J connectivity index is 0. The standard InChI is InChI=1S/C26H43N3O10S2.C12H22O7.C7H16O4/c1-5-21(39-25(18-30)35-4)19-38-24(32)8-6-7-22(31)27-12-14-37-16-15-36-13-11-26(2,3)41-40-23-10-9-20(17-28-23)29(33)34;1-3-9(7-13)19-12(17-2)8-18-11(16)6-4-5-10(14)15;1-3-6(4-8)11-7(5-9)10-2/h9-10,17,21,25,30H,5-8,11-16,18-19H2,1-4H3,(H,27,31);9,12-13H,3-8H2,1-2H3,(H,14,15);6-9H,3-5H2,1-2H3. The molecule has 0 saturated heterocycles. The average molecular weight is 1060 g/mol. The van der Waals surface area contributed by atoms with Crippen LogP contribution < -0.4 is 5.32 Å². The summed E-state index contributed by atoms with van der Waals surface area (Å²) >= 11 is 0. The Kier molecular flexibility index (Phi) is 44.5. The van der Waals surface area contributed by atoms with Gasteiger partial charge in [0.2, 0.25) is 5.91 Å². The second-order valence-electron chi connectivity index (χ2n) is 15.6. The first-order valence-electron chi connectivity index (χ1n) is 23.3. The molecular formula is C45H81N3O21S2. The van der Waals surface area contributed by atoms with Crippen molar-refractivity contribution in [2.24, 2.45) is 0 Å². The zero-order valence-corrected chi connectivity index (χ0v) is 44.2. The molecule has 0 fully saturated rings. The van der Waals surface area contributed by atoms with E-state index in [2.05, 4.69) is 24.1 Å². The number of hydrogen-bond acceptors (Lipinski definition) is 23. The third-order valence-corrected chi connectivity index (χ3v) is 12.6. The lowest BCUT2D eigenvalue weighted by Crippen LogP contribution is -2.30. The Labute approximate surface area is 425 Å². The molecule has 6 N–H and O–H groups in total. The maximum atomic E-state index is 11.9. The van der Waals surface area contributed by atoms with Crippen LogP contribution in [-0.4, -0.2) is 195 Å². The molecule has 1 amide bonds. The van der Waals surface area contributed by atoms with Crippen LogP contribution in [0.1, 0.15) is 98.8 Å². The highest BCUT2D eigenvalue weighted by molar-refractivity contribution is 8.77. The number of amides is 1. The van der Waals surface area contributed by atoms with Crippen molar-refractivity contribution in [1.82, 2.24) is 10.3 Å². The molecule has 6 atom stereocenters. The number of nitrogens with one attached hydrogen (secondary N) is 1. The lowest BCUT2D eigenvalue weighted by atomic mass is 10.1. The van der Waals surface area contributed by atoms with E-state index in [1.165, 1.54) is 44.4 Å². The zero-order valence-electron chi connectivity index (χ0n) is 42.5. The summed E-state index contributed by atoms with van der Waals surface area (Å²) in [5, 5.41) is 58.0. The number of hydrogen-bond donors (Lipinski definition) is 6. The summed E-state index contributed by atoms with van der Waals surface area (Å²) in [5.41, 5.74) is -0.0304. The summed E-state index contributed by atoms with van der Waals surface area (Å²) in [6, 6.07) is 3.08. The number of carboxylic acid groups (broad SMARTS) is 1. The van der Waals surface area contributed by atoms with Gasteiger partial charge in [-0.05, 0) is 69.2 Å². The molecule has 71 heavy (non-hydrogen) atoms. The van der Waals surface area contributed by atoms with Crippen molar-refractivity contribution >= 4 is 51.1 Å². The highest BCUT2D eigenvalue weighted by Gasteiger charge is 2.21. The Morgan fingerprint density at radius 1 is 0.704 bits per heavy atom. The first kappa shape index (κ1) is 69.7. The van der Waals surface area contributed by atoms with Crippen LogP contribution in [0.15, 0.2) is 23.4 Å². The molecule has 0 radical (unpaired) electrons. The summed E-state index contributed by atoms with van der Waals surface area (Å²) in [6.45, 7) is 11.2. The second-order valence-corrected chi connectivity index (χ2v) is 18.4. The van der Waals surface area contributed by atoms with Gasteiger partial charge in [0.25, 0.3) is 5.69 Å². The van der Waals surface area contributed by atoms with Crippen molar-refractivity contribution in [1.29, 1.82) is 0 Å². The first-order chi connectivity index (χ1) is 33.9. The van der Waals surface area contributed by atoms with E-state index in [1.807, 2.05) is 20.8 Å². The first-order valence-corrected chi connectivity index (χ1v) is 25.5. The number of aliphatic hydroxyl groups excluding tert-OH is 4. The lowest BCUT2D eigenvalue weighted by molar-refractivity contribution is -0.385. The van der Waals surface area contributed by atoms with Crippen molar-refractivity contribution in [3.8, 4) is 0 Å². The normalized spacial score (nSPS) is 13.7. The fourth-order valence-electron chi connectivity index (χ4n) is 4.93. The molecule has 414 valence electrons. The van der Waals surface area contributed by atoms with Gasteiger partial charge in [-0.3, -0.25) is 29.3 Å². The van der Waals surface area contributed by atoms with Crippen LogP contribution >= 0.6 is 21.6 Å². The monoisotopic (exact) mass is 1060 g/mol. The van der Waals surface area contributed by atoms with E-state index < -0.39 is 41.7 Å². The number of carbonyl (C=O) groups is 4. The van der Waals surface area contributed by atoms with Gasteiger partial charge in [0.15, 0.2) is 18.9 Å². The van der Waals surface area contributed by atoms with Crippen molar-refractivity contribution < 1.29 is 97.0 Å². The summed E-state index contributed by atoms with van der Waals surface area (Å²) in [6.07, 6.45) is 1.75. The maximum Gasteiger partial charge on any atom is 0.305 e. The highest BCUT2D eigenvalue weighted by atomic mass is 33.1. The van der Waals surface area contributed by atoms with E-state index in [0.717, 1.165) is 6.42 Å². The number of nitro groups is 1. The zero-order chi connectivity index (χ0) is 53.9. The van der Waals surface area contributed by atoms with Crippen LogP contribution in [0, 0.1) is 10.1 Å². The third kappa shape index (κ3) is 39.8. The van der Waals surface area contributed by atoms with Crippen LogP contribution in [0.5, 0.6) is 0 Å². The van der Waals surface area contributed by atoms with Crippen LogP contribution in [0.2, 0.25) is 0 Å². The van der Waals surface area contributed by atoms with E-state index in [-0.39, 0.29) is 106 Å². The van der Waals surface area contributed by atoms with E-state index in [0.29, 0.717) is 63.7 Å². The predicted molar refractivity (Wildman–Crippen MR) is 261 cm³/mol. The molecule has 1 heterocycles. The molecule has 1 aromatic heterocycles. The van der Waals surface area contributed by atoms with Gasteiger partial charge in [0.05, 0.1) is 69.5 Å². The average Bonchev–Trinajstić information content (AvgIpc) is 3.36. The Morgan fingerprint density at radius 2 is 1.21 bits per heavy atom. The number of aliphatic carboxylic acids is 1. The summed E-state index contributed by atoms with van der Waals surface area (Å²) < 4.78 is 51.8. The van der Waals surface area contributed by atoms with Gasteiger partial charge in [-0.2, -0.15) is 0 Å². The quantitative estimate of drug-likeness (QED) is 0.0136. The van der Waals surface area contributed by atoms with Crippen LogP contribution in [0.3, 0.4) is 0 Å². The molecule has 1 aromatic rings. The number of nitrogens with zero attached hydrogens (tertiary/aromatic N) is 2. The molecule has 0 aliphatic carbocycles. The SMILES string of the molecule is CCC(CO)OC(CO)OC.CCC(CO)OC(COC(=O)CCCC(=O)O)OC.CCC(COC(=O)CCCC(=O)NCCOCCOCCC(C)(C)SSc1ccc([N+](=O)[O-])cn1)OC(CO)OC. The Hall–Kier alpha value is -3.35. The number of carbonyl (C=O) groups excluding carboxylic acids is 3. The molecule has 24 nitrogen and oxygen atoms in total. The van der Waals surface area contributed by atoms with Crippen LogP contribution in [-0.2, 0) is 66.5 Å². The van der Waals surface area contributed by atoms with Gasteiger partial charge < -0.3 is 78.2 Å². The van der Waals surface area contributed by atoms with Gasteiger partial charge in [-0.15, -0.1) is 0 Å². The molecule has 0 aromatic carbocycles. The smallest absolute Gasteiger partial charge is 0.305 e. The van der Waals surface area contributed by atoms with Gasteiger partial charge >= 0.3 is 17.9 Å². The van der Waals surface area contributed by atoms with Crippen molar-refractivity contribution in [2.75, 3.05) is 93.9 Å². The molecule has 0 spiro atoms. The molecule has 0 saturated carbocycles. The number of ether oxygens (including phenoxy) is 10. The molecule has 0 bridgehead atoms. The van der Waals surface area contributed by atoms with Crippen LogP contribution in [0.4, 0.5) is 5.69 Å². The number of aromatic nitrogens is 1. The molecule has 0 aliphatic rings.